The summed E-state index contributed by atoms with van der Waals surface area (Å²) >= 11 is 0. The van der Waals surface area contributed by atoms with Crippen molar-refractivity contribution in [2.24, 2.45) is 16.6 Å². The molecule has 0 aliphatic rings. The average molecular weight is 231 g/mol. The van der Waals surface area contributed by atoms with Crippen molar-refractivity contribution in [3.05, 3.63) is 0 Å². The second kappa shape index (κ2) is 6.21. The molecule has 96 valence electrons. The van der Waals surface area contributed by atoms with Crippen LogP contribution in [0.15, 0.2) is 0 Å². The third kappa shape index (κ3) is 4.10. The average Bonchev–Trinajstić information content (AvgIpc) is 2.28. The zero-order valence-corrected chi connectivity index (χ0v) is 10.9. The molecule has 2 atom stereocenters. The quantitative estimate of drug-likeness (QED) is 0.669. The van der Waals surface area contributed by atoms with Crippen LogP contribution in [0.4, 0.5) is 0 Å². The standard InChI is InChI=1S/C12H25NO3/c1-5-11(3,7-13)8-16-9-12(4,6-2)10(14)15/h5-9,13H2,1-4H3,(H,14,15). The fourth-order valence-electron chi connectivity index (χ4n) is 1.14. The highest BCUT2D eigenvalue weighted by Crippen LogP contribution is 2.24. The molecule has 4 heteroatoms. The Morgan fingerprint density at radius 3 is 2.12 bits per heavy atom. The van der Waals surface area contributed by atoms with E-state index in [1.54, 1.807) is 6.92 Å². The van der Waals surface area contributed by atoms with E-state index < -0.39 is 11.4 Å². The molecule has 0 heterocycles. The molecular formula is C12H25NO3. The SMILES string of the molecule is CCC(C)(CN)COCC(C)(CC)C(=O)O. The molecule has 0 radical (unpaired) electrons. The first-order valence-electron chi connectivity index (χ1n) is 5.85. The van der Waals surface area contributed by atoms with Gasteiger partial charge in [0.15, 0.2) is 0 Å². The van der Waals surface area contributed by atoms with E-state index in [1.807, 2.05) is 6.92 Å². The fourth-order valence-corrected chi connectivity index (χ4v) is 1.14. The normalized spacial score (nSPS) is 18.8. The van der Waals surface area contributed by atoms with Gasteiger partial charge in [-0.2, -0.15) is 0 Å². The Hall–Kier alpha value is -0.610. The molecule has 0 spiro atoms. The Kier molecular flexibility index (Phi) is 5.97. The minimum absolute atomic E-state index is 0.0485. The molecule has 0 aromatic rings. The van der Waals surface area contributed by atoms with E-state index in [-0.39, 0.29) is 12.0 Å². The molecule has 3 N–H and O–H groups in total. The molecule has 0 saturated heterocycles. The van der Waals surface area contributed by atoms with Crippen LogP contribution in [0.25, 0.3) is 0 Å². The van der Waals surface area contributed by atoms with Crippen LogP contribution >= 0.6 is 0 Å². The second-order valence-corrected chi connectivity index (χ2v) is 5.08. The Morgan fingerprint density at radius 2 is 1.81 bits per heavy atom. The van der Waals surface area contributed by atoms with Crippen molar-refractivity contribution >= 4 is 5.97 Å². The number of hydrogen-bond donors (Lipinski definition) is 2. The minimum Gasteiger partial charge on any atom is -0.481 e. The first kappa shape index (κ1) is 15.4. The molecule has 0 aliphatic carbocycles. The Balaban J connectivity index is 4.20. The van der Waals surface area contributed by atoms with Crippen molar-refractivity contribution in [1.82, 2.24) is 0 Å². The van der Waals surface area contributed by atoms with Gasteiger partial charge < -0.3 is 15.6 Å². The van der Waals surface area contributed by atoms with E-state index >= 15 is 0 Å². The topological polar surface area (TPSA) is 72.5 Å². The zero-order chi connectivity index (χ0) is 12.8. The van der Waals surface area contributed by atoms with Crippen LogP contribution in [-0.4, -0.2) is 30.8 Å². The molecule has 0 saturated carbocycles. The number of hydrogen-bond acceptors (Lipinski definition) is 3. The van der Waals surface area contributed by atoms with Gasteiger partial charge >= 0.3 is 5.97 Å². The molecule has 0 aliphatic heterocycles. The minimum atomic E-state index is -0.805. The van der Waals surface area contributed by atoms with E-state index in [9.17, 15) is 4.79 Å². The van der Waals surface area contributed by atoms with Crippen LogP contribution in [0, 0.1) is 10.8 Å². The summed E-state index contributed by atoms with van der Waals surface area (Å²) in [6, 6.07) is 0. The van der Waals surface area contributed by atoms with E-state index in [4.69, 9.17) is 15.6 Å². The van der Waals surface area contributed by atoms with Crippen molar-refractivity contribution < 1.29 is 14.6 Å². The van der Waals surface area contributed by atoms with Crippen molar-refractivity contribution in [3.8, 4) is 0 Å². The van der Waals surface area contributed by atoms with Crippen molar-refractivity contribution in [2.75, 3.05) is 19.8 Å². The largest absolute Gasteiger partial charge is 0.481 e. The maximum atomic E-state index is 11.0. The summed E-state index contributed by atoms with van der Waals surface area (Å²) in [6.45, 7) is 9.00. The Bertz CT molecular complexity index is 226. The molecule has 0 rings (SSSR count). The maximum Gasteiger partial charge on any atom is 0.311 e. The van der Waals surface area contributed by atoms with Crippen LogP contribution in [0.1, 0.15) is 40.5 Å². The summed E-state index contributed by atoms with van der Waals surface area (Å²) in [6.07, 6.45) is 1.49. The molecule has 4 nitrogen and oxygen atoms in total. The lowest BCUT2D eigenvalue weighted by molar-refractivity contribution is -0.152. The highest BCUT2D eigenvalue weighted by atomic mass is 16.5. The Morgan fingerprint density at radius 1 is 1.25 bits per heavy atom. The van der Waals surface area contributed by atoms with Crippen LogP contribution < -0.4 is 5.73 Å². The first-order chi connectivity index (χ1) is 7.33. The summed E-state index contributed by atoms with van der Waals surface area (Å²) in [5, 5.41) is 9.07. The molecule has 16 heavy (non-hydrogen) atoms. The molecule has 0 amide bonds. The third-order valence-corrected chi connectivity index (χ3v) is 3.51. The summed E-state index contributed by atoms with van der Waals surface area (Å²) < 4.78 is 5.54. The number of aliphatic carboxylic acids is 1. The number of carboxylic acid groups (broad SMARTS) is 1. The molecule has 2 unspecified atom stereocenters. The van der Waals surface area contributed by atoms with Gasteiger partial charge in [-0.3, -0.25) is 4.79 Å². The van der Waals surface area contributed by atoms with Crippen molar-refractivity contribution in [2.45, 2.75) is 40.5 Å². The van der Waals surface area contributed by atoms with Gasteiger partial charge in [0, 0.05) is 5.41 Å². The third-order valence-electron chi connectivity index (χ3n) is 3.51. The monoisotopic (exact) mass is 231 g/mol. The summed E-state index contributed by atoms with van der Waals surface area (Å²) in [5.41, 5.74) is 4.83. The maximum absolute atomic E-state index is 11.0. The highest BCUT2D eigenvalue weighted by molar-refractivity contribution is 5.74. The van der Waals surface area contributed by atoms with Gasteiger partial charge in [-0.15, -0.1) is 0 Å². The van der Waals surface area contributed by atoms with Gasteiger partial charge in [-0.05, 0) is 26.3 Å². The van der Waals surface area contributed by atoms with Gasteiger partial charge in [0.05, 0.1) is 18.6 Å². The van der Waals surface area contributed by atoms with E-state index in [0.29, 0.717) is 19.6 Å². The second-order valence-electron chi connectivity index (χ2n) is 5.08. The van der Waals surface area contributed by atoms with E-state index in [0.717, 1.165) is 6.42 Å². The molecule has 0 aromatic carbocycles. The van der Waals surface area contributed by atoms with Crippen LogP contribution in [0.3, 0.4) is 0 Å². The predicted octanol–water partition coefficient (Wildman–Crippen LogP) is 1.88. The van der Waals surface area contributed by atoms with Gasteiger partial charge in [0.25, 0.3) is 0 Å². The van der Waals surface area contributed by atoms with E-state index in [1.165, 1.54) is 0 Å². The van der Waals surface area contributed by atoms with Crippen LogP contribution in [0.5, 0.6) is 0 Å². The van der Waals surface area contributed by atoms with Gasteiger partial charge in [0.2, 0.25) is 0 Å². The molecular weight excluding hydrogens is 206 g/mol. The summed E-state index contributed by atoms with van der Waals surface area (Å²) in [7, 11) is 0. The summed E-state index contributed by atoms with van der Waals surface area (Å²) in [4.78, 5) is 11.0. The van der Waals surface area contributed by atoms with E-state index in [2.05, 4.69) is 13.8 Å². The lowest BCUT2D eigenvalue weighted by atomic mass is 9.87. The lowest BCUT2D eigenvalue weighted by Crippen LogP contribution is -2.36. The molecule has 0 bridgehead atoms. The van der Waals surface area contributed by atoms with Gasteiger partial charge in [-0.1, -0.05) is 20.8 Å². The number of carboxylic acids is 1. The Labute approximate surface area is 98.2 Å². The molecule has 0 fully saturated rings. The van der Waals surface area contributed by atoms with Gasteiger partial charge in [0.1, 0.15) is 0 Å². The summed E-state index contributed by atoms with van der Waals surface area (Å²) in [5.74, 6) is -0.805. The zero-order valence-electron chi connectivity index (χ0n) is 10.9. The number of rotatable bonds is 8. The van der Waals surface area contributed by atoms with Crippen molar-refractivity contribution in [1.29, 1.82) is 0 Å². The van der Waals surface area contributed by atoms with Crippen LogP contribution in [0.2, 0.25) is 0 Å². The smallest absolute Gasteiger partial charge is 0.311 e. The van der Waals surface area contributed by atoms with Crippen molar-refractivity contribution in [3.63, 3.8) is 0 Å². The highest BCUT2D eigenvalue weighted by Gasteiger charge is 2.32. The molecule has 0 aromatic heterocycles. The lowest BCUT2D eigenvalue weighted by Gasteiger charge is -2.29. The number of ether oxygens (including phenoxy) is 1. The number of carbonyl (C=O) groups is 1. The number of nitrogens with two attached hydrogens (primary N) is 1. The fraction of sp³-hybridized carbons (Fsp3) is 0.917. The first-order valence-corrected chi connectivity index (χ1v) is 5.85. The predicted molar refractivity (Wildman–Crippen MR) is 64.3 cm³/mol. The van der Waals surface area contributed by atoms with Gasteiger partial charge in [-0.25, -0.2) is 0 Å². The van der Waals surface area contributed by atoms with Crippen LogP contribution in [-0.2, 0) is 9.53 Å².